The fourth-order valence-corrected chi connectivity index (χ4v) is 3.54. The van der Waals surface area contributed by atoms with E-state index in [1.165, 1.54) is 36.5 Å². The molecule has 3 rings (SSSR count). The zero-order chi connectivity index (χ0) is 20.3. The molecule has 0 atom stereocenters. The zero-order valence-electron chi connectivity index (χ0n) is 15.1. The molecule has 0 unspecified atom stereocenters. The molecule has 2 aromatic rings. The van der Waals surface area contributed by atoms with Crippen molar-refractivity contribution in [2.75, 3.05) is 32.5 Å². The summed E-state index contributed by atoms with van der Waals surface area (Å²) in [7, 11) is 2.36. The second-order valence-corrected chi connectivity index (χ2v) is 6.55. The van der Waals surface area contributed by atoms with Gasteiger partial charge in [0.1, 0.15) is 12.4 Å². The number of methoxy groups -OCH3 is 2. The summed E-state index contributed by atoms with van der Waals surface area (Å²) >= 11 is 1.50. The Morgan fingerprint density at radius 1 is 1.11 bits per heavy atom. The van der Waals surface area contributed by atoms with E-state index < -0.39 is 17.9 Å². The molecule has 8 nitrogen and oxygen atoms in total. The maximum Gasteiger partial charge on any atom is 0.355 e. The van der Waals surface area contributed by atoms with Gasteiger partial charge in [-0.3, -0.25) is 0 Å². The average molecular weight is 403 g/mol. The first-order valence-electron chi connectivity index (χ1n) is 8.13. The Labute approximate surface area is 164 Å². The Morgan fingerprint density at radius 3 is 2.46 bits per heavy atom. The summed E-state index contributed by atoms with van der Waals surface area (Å²) in [5.74, 6) is -2.72. The van der Waals surface area contributed by atoms with E-state index >= 15 is 0 Å². The minimum atomic E-state index is -1.18. The fraction of sp³-hybridized carbons (Fsp3) is 0.211. The molecule has 0 amide bonds. The molecule has 0 bridgehead atoms. The van der Waals surface area contributed by atoms with Crippen LogP contribution in [-0.2, 0) is 23.8 Å². The minimum absolute atomic E-state index is 0.0436. The number of esters is 2. The molecular weight excluding hydrogens is 386 g/mol. The van der Waals surface area contributed by atoms with E-state index in [2.05, 4.69) is 0 Å². The number of carbonyl (C=O) groups is 3. The molecule has 0 saturated carbocycles. The van der Waals surface area contributed by atoms with Gasteiger partial charge in [0.05, 0.1) is 37.7 Å². The first-order chi connectivity index (χ1) is 13.5. The molecule has 9 heteroatoms. The molecule has 0 radical (unpaired) electrons. The number of benzene rings is 1. The van der Waals surface area contributed by atoms with E-state index in [1.807, 2.05) is 16.8 Å². The van der Waals surface area contributed by atoms with Gasteiger partial charge in [-0.1, -0.05) is 6.07 Å². The number of thiophene rings is 1. The van der Waals surface area contributed by atoms with Crippen LogP contribution in [0.25, 0.3) is 11.1 Å². The number of hydrogen-bond donors (Lipinski definition) is 1. The second kappa shape index (κ2) is 8.24. The summed E-state index contributed by atoms with van der Waals surface area (Å²) in [4.78, 5) is 37.7. The normalized spacial score (nSPS) is 14.0. The number of anilines is 1. The maximum absolute atomic E-state index is 12.4. The Kier molecular flexibility index (Phi) is 5.76. The lowest BCUT2D eigenvalue weighted by Gasteiger charge is -2.32. The van der Waals surface area contributed by atoms with Gasteiger partial charge in [-0.05, 0) is 40.1 Å². The van der Waals surface area contributed by atoms with Crippen LogP contribution in [0.1, 0.15) is 10.4 Å². The van der Waals surface area contributed by atoms with Crippen LogP contribution in [0.2, 0.25) is 0 Å². The van der Waals surface area contributed by atoms with Crippen molar-refractivity contribution in [3.63, 3.8) is 0 Å². The van der Waals surface area contributed by atoms with Crippen LogP contribution in [-0.4, -0.2) is 50.6 Å². The molecule has 146 valence electrons. The van der Waals surface area contributed by atoms with E-state index in [0.717, 1.165) is 11.1 Å². The van der Waals surface area contributed by atoms with Crippen molar-refractivity contribution < 1.29 is 33.7 Å². The molecule has 0 fully saturated rings. The number of carboxylic acid groups (broad SMARTS) is 1. The third-order valence-electron chi connectivity index (χ3n) is 4.21. The summed E-state index contributed by atoms with van der Waals surface area (Å²) in [5.41, 5.74) is 1.67. The number of carbonyl (C=O) groups excluding carboxylic acids is 2. The van der Waals surface area contributed by atoms with Gasteiger partial charge >= 0.3 is 17.9 Å². The summed E-state index contributed by atoms with van der Waals surface area (Å²) in [6.07, 6.45) is 0. The van der Waals surface area contributed by atoms with E-state index in [9.17, 15) is 19.5 Å². The third kappa shape index (κ3) is 3.62. The highest BCUT2D eigenvalue weighted by Gasteiger charge is 2.34. The molecular formula is C19H17NO7S. The molecule has 1 aliphatic rings. The Balaban J connectivity index is 2.21. The van der Waals surface area contributed by atoms with Crippen molar-refractivity contribution in [2.45, 2.75) is 0 Å². The largest absolute Gasteiger partial charge is 0.478 e. The Morgan fingerprint density at radius 2 is 1.86 bits per heavy atom. The first-order valence-corrected chi connectivity index (χ1v) is 9.07. The van der Waals surface area contributed by atoms with Crippen molar-refractivity contribution >= 4 is 34.9 Å². The smallest absolute Gasteiger partial charge is 0.355 e. The highest BCUT2D eigenvalue weighted by molar-refractivity contribution is 7.08. The van der Waals surface area contributed by atoms with Crippen molar-refractivity contribution in [3.05, 3.63) is 51.9 Å². The van der Waals surface area contributed by atoms with Crippen LogP contribution >= 0.6 is 11.3 Å². The van der Waals surface area contributed by atoms with E-state index in [-0.39, 0.29) is 35.9 Å². The topological polar surface area (TPSA) is 102 Å². The van der Waals surface area contributed by atoms with Crippen molar-refractivity contribution in [1.29, 1.82) is 0 Å². The number of ether oxygens (including phenoxy) is 3. The maximum atomic E-state index is 12.4. The highest BCUT2D eigenvalue weighted by Crippen LogP contribution is 2.34. The lowest BCUT2D eigenvalue weighted by Crippen LogP contribution is -2.39. The molecule has 0 aliphatic carbocycles. The lowest BCUT2D eigenvalue weighted by atomic mass is 10.0. The zero-order valence-corrected chi connectivity index (χ0v) is 15.9. The molecule has 0 saturated heterocycles. The number of rotatable bonds is 5. The molecule has 1 aromatic heterocycles. The van der Waals surface area contributed by atoms with Crippen LogP contribution in [0.3, 0.4) is 0 Å². The number of carboxylic acids is 1. The van der Waals surface area contributed by atoms with Crippen LogP contribution < -0.4 is 4.90 Å². The van der Waals surface area contributed by atoms with Gasteiger partial charge in [0.15, 0.2) is 0 Å². The van der Waals surface area contributed by atoms with Crippen LogP contribution in [0, 0.1) is 0 Å². The van der Waals surface area contributed by atoms with Gasteiger partial charge in [0.2, 0.25) is 0 Å². The number of aromatic carboxylic acids is 1. The molecule has 2 heterocycles. The quantitative estimate of drug-likeness (QED) is 0.760. The standard InChI is InChI=1S/C19H17NO7S/c1-25-18(23)14-8-27-10-20(16(14)19(24)26-2)15-7-11(12-5-6-28-9-12)3-4-13(15)17(21)22/h3-7,9H,8,10H2,1-2H3,(H,21,22). The highest BCUT2D eigenvalue weighted by atomic mass is 32.1. The van der Waals surface area contributed by atoms with Crippen LogP contribution in [0.5, 0.6) is 0 Å². The van der Waals surface area contributed by atoms with Crippen molar-refractivity contribution in [2.24, 2.45) is 0 Å². The lowest BCUT2D eigenvalue weighted by molar-refractivity contribution is -0.140. The van der Waals surface area contributed by atoms with Gasteiger partial charge in [-0.25, -0.2) is 14.4 Å². The molecule has 0 spiro atoms. The molecule has 28 heavy (non-hydrogen) atoms. The summed E-state index contributed by atoms with van der Waals surface area (Å²) in [6.45, 7) is -0.279. The average Bonchev–Trinajstić information content (AvgIpc) is 3.26. The predicted octanol–water partition coefficient (Wildman–Crippen LogP) is 2.51. The van der Waals surface area contributed by atoms with Gasteiger partial charge in [-0.15, -0.1) is 0 Å². The fourth-order valence-electron chi connectivity index (χ4n) is 2.88. The summed E-state index contributed by atoms with van der Waals surface area (Å²) in [6, 6.07) is 6.67. The SMILES string of the molecule is COC(=O)C1=C(C(=O)OC)N(c2cc(-c3ccsc3)ccc2C(=O)O)COC1. The van der Waals surface area contributed by atoms with Gasteiger partial charge in [0, 0.05) is 0 Å². The second-order valence-electron chi connectivity index (χ2n) is 5.77. The Hall–Kier alpha value is -3.17. The van der Waals surface area contributed by atoms with E-state index in [1.54, 1.807) is 12.1 Å². The number of hydrogen-bond acceptors (Lipinski definition) is 8. The van der Waals surface area contributed by atoms with Crippen molar-refractivity contribution in [1.82, 2.24) is 0 Å². The first kappa shape index (κ1) is 19.6. The van der Waals surface area contributed by atoms with Crippen molar-refractivity contribution in [3.8, 4) is 11.1 Å². The minimum Gasteiger partial charge on any atom is -0.478 e. The van der Waals surface area contributed by atoms with Gasteiger partial charge in [0.25, 0.3) is 0 Å². The van der Waals surface area contributed by atoms with Gasteiger partial charge < -0.3 is 24.2 Å². The van der Waals surface area contributed by atoms with Crippen LogP contribution in [0.4, 0.5) is 5.69 Å². The van der Waals surface area contributed by atoms with Gasteiger partial charge in [-0.2, -0.15) is 11.3 Å². The van der Waals surface area contributed by atoms with E-state index in [0.29, 0.717) is 0 Å². The van der Waals surface area contributed by atoms with Crippen LogP contribution in [0.15, 0.2) is 46.3 Å². The molecule has 1 aliphatic heterocycles. The van der Waals surface area contributed by atoms with E-state index in [4.69, 9.17) is 14.2 Å². The molecule has 1 N–H and O–H groups in total. The molecule has 1 aromatic carbocycles. The summed E-state index contributed by atoms with van der Waals surface area (Å²) in [5, 5.41) is 13.5. The Bertz CT molecular complexity index is 949. The summed E-state index contributed by atoms with van der Waals surface area (Å²) < 4.78 is 15.0. The monoisotopic (exact) mass is 403 g/mol. The predicted molar refractivity (Wildman–Crippen MR) is 101 cm³/mol. The third-order valence-corrected chi connectivity index (χ3v) is 4.89. The number of nitrogens with zero attached hydrogens (tertiary/aromatic N) is 1.